The maximum absolute atomic E-state index is 13.8. The molecule has 1 aliphatic rings. The standard InChI is InChI=1S/C35H53N5O3S/c1-27(2)17-23-39(24-18-28(3)4)34(41)30-13-16-32-33(25-30)40(22-10-21-38-19-8-6-7-9-20-38)35(37-32)36-26-29-11-14-31(15-12-29)44(5,42)43/h11-16,25,27-28H,6-10,17-24,26H2,1-5H3,(H,36,37). The predicted octanol–water partition coefficient (Wildman–Crippen LogP) is 6.85. The third-order valence-corrected chi connectivity index (χ3v) is 9.72. The van der Waals surface area contributed by atoms with Crippen LogP contribution in [0.4, 0.5) is 5.95 Å². The second kappa shape index (κ2) is 15.9. The van der Waals surface area contributed by atoms with E-state index in [-0.39, 0.29) is 5.91 Å². The van der Waals surface area contributed by atoms with Gasteiger partial charge in [-0.25, -0.2) is 13.4 Å². The first-order valence-corrected chi connectivity index (χ1v) is 18.4. The summed E-state index contributed by atoms with van der Waals surface area (Å²) in [5.41, 5.74) is 3.51. The summed E-state index contributed by atoms with van der Waals surface area (Å²) in [5, 5.41) is 3.51. The van der Waals surface area contributed by atoms with E-state index in [4.69, 9.17) is 4.98 Å². The van der Waals surface area contributed by atoms with Crippen LogP contribution in [0.1, 0.15) is 88.6 Å². The molecule has 1 aromatic heterocycles. The Morgan fingerprint density at radius 3 is 2.14 bits per heavy atom. The number of amides is 1. The van der Waals surface area contributed by atoms with Crippen molar-refractivity contribution in [2.45, 2.75) is 90.6 Å². The number of aromatic nitrogens is 2. The fourth-order valence-electron chi connectivity index (χ4n) is 5.79. The van der Waals surface area contributed by atoms with Crippen LogP contribution in [-0.4, -0.2) is 72.7 Å². The highest BCUT2D eigenvalue weighted by atomic mass is 32.2. The van der Waals surface area contributed by atoms with E-state index in [9.17, 15) is 13.2 Å². The lowest BCUT2D eigenvalue weighted by molar-refractivity contribution is 0.0741. The minimum Gasteiger partial charge on any atom is -0.352 e. The largest absolute Gasteiger partial charge is 0.352 e. The Balaban J connectivity index is 1.58. The van der Waals surface area contributed by atoms with Gasteiger partial charge in [0.15, 0.2) is 9.84 Å². The summed E-state index contributed by atoms with van der Waals surface area (Å²) in [6.07, 6.45) is 9.38. The Morgan fingerprint density at radius 2 is 1.55 bits per heavy atom. The zero-order valence-electron chi connectivity index (χ0n) is 27.5. The van der Waals surface area contributed by atoms with Crippen molar-refractivity contribution in [2.75, 3.05) is 44.3 Å². The maximum atomic E-state index is 13.8. The second-order valence-corrected chi connectivity index (χ2v) is 15.3. The minimum absolute atomic E-state index is 0.0889. The van der Waals surface area contributed by atoms with E-state index in [1.165, 1.54) is 45.0 Å². The zero-order chi connectivity index (χ0) is 31.7. The summed E-state index contributed by atoms with van der Waals surface area (Å²) in [7, 11) is -3.24. The van der Waals surface area contributed by atoms with Crippen LogP contribution in [0.25, 0.3) is 11.0 Å². The van der Waals surface area contributed by atoms with Gasteiger partial charge in [0.05, 0.1) is 15.9 Å². The molecule has 3 aromatic rings. The molecule has 0 aliphatic carbocycles. The van der Waals surface area contributed by atoms with Crippen molar-refractivity contribution in [1.29, 1.82) is 0 Å². The summed E-state index contributed by atoms with van der Waals surface area (Å²) in [6.45, 7) is 15.0. The molecule has 9 heteroatoms. The third-order valence-electron chi connectivity index (χ3n) is 8.59. The van der Waals surface area contributed by atoms with Gasteiger partial charge < -0.3 is 19.7 Å². The number of aryl methyl sites for hydroxylation is 1. The lowest BCUT2D eigenvalue weighted by Crippen LogP contribution is -2.34. The molecule has 4 rings (SSSR count). The first-order valence-electron chi connectivity index (χ1n) is 16.6. The average molecular weight is 624 g/mol. The van der Waals surface area contributed by atoms with Gasteiger partial charge in [-0.2, -0.15) is 0 Å². The molecule has 1 aliphatic heterocycles. The Hall–Kier alpha value is -2.91. The van der Waals surface area contributed by atoms with Crippen LogP contribution in [0.15, 0.2) is 47.4 Å². The van der Waals surface area contributed by atoms with Crippen molar-refractivity contribution in [3.05, 3.63) is 53.6 Å². The van der Waals surface area contributed by atoms with Gasteiger partial charge in [-0.15, -0.1) is 0 Å². The first kappa shape index (κ1) is 34.0. The molecule has 0 atom stereocenters. The first-order chi connectivity index (χ1) is 21.0. The normalized spacial score (nSPS) is 14.8. The smallest absolute Gasteiger partial charge is 0.253 e. The van der Waals surface area contributed by atoms with Crippen molar-refractivity contribution in [2.24, 2.45) is 11.8 Å². The molecule has 1 fully saturated rings. The molecule has 0 bridgehead atoms. The number of hydrogen-bond donors (Lipinski definition) is 1. The Kier molecular flexibility index (Phi) is 12.3. The van der Waals surface area contributed by atoms with Gasteiger partial charge in [-0.1, -0.05) is 52.7 Å². The number of fused-ring (bicyclic) bond motifs is 1. The van der Waals surface area contributed by atoms with Crippen LogP contribution in [0.3, 0.4) is 0 Å². The molecule has 0 radical (unpaired) electrons. The quantitative estimate of drug-likeness (QED) is 0.199. The molecular formula is C35H53N5O3S. The number of sulfone groups is 1. The molecule has 1 amide bonds. The summed E-state index contributed by atoms with van der Waals surface area (Å²) in [5.74, 6) is 1.93. The monoisotopic (exact) mass is 623 g/mol. The molecule has 2 aromatic carbocycles. The summed E-state index contributed by atoms with van der Waals surface area (Å²) in [4.78, 5) is 23.7. The van der Waals surface area contributed by atoms with Crippen molar-refractivity contribution < 1.29 is 13.2 Å². The van der Waals surface area contributed by atoms with E-state index in [0.29, 0.717) is 28.8 Å². The van der Waals surface area contributed by atoms with Crippen molar-refractivity contribution in [3.8, 4) is 0 Å². The van der Waals surface area contributed by atoms with Crippen LogP contribution >= 0.6 is 0 Å². The fourth-order valence-corrected chi connectivity index (χ4v) is 6.42. The molecule has 8 nitrogen and oxygen atoms in total. The lowest BCUT2D eigenvalue weighted by atomic mass is 10.1. The lowest BCUT2D eigenvalue weighted by Gasteiger charge is -2.25. The van der Waals surface area contributed by atoms with Crippen LogP contribution in [0.5, 0.6) is 0 Å². The highest BCUT2D eigenvalue weighted by Crippen LogP contribution is 2.24. The van der Waals surface area contributed by atoms with Gasteiger partial charge in [-0.05, 0) is 99.5 Å². The Labute approximate surface area is 265 Å². The van der Waals surface area contributed by atoms with E-state index >= 15 is 0 Å². The highest BCUT2D eigenvalue weighted by Gasteiger charge is 2.20. The van der Waals surface area contributed by atoms with Gasteiger partial charge in [0, 0.05) is 38.0 Å². The van der Waals surface area contributed by atoms with Crippen molar-refractivity contribution in [3.63, 3.8) is 0 Å². The molecule has 0 saturated carbocycles. The average Bonchev–Trinajstić information content (AvgIpc) is 3.12. The number of anilines is 1. The summed E-state index contributed by atoms with van der Waals surface area (Å²) >= 11 is 0. The number of imidazole rings is 1. The number of carbonyl (C=O) groups excluding carboxylic acids is 1. The highest BCUT2D eigenvalue weighted by molar-refractivity contribution is 7.90. The van der Waals surface area contributed by atoms with Gasteiger partial charge in [-0.3, -0.25) is 4.79 Å². The maximum Gasteiger partial charge on any atom is 0.253 e. The van der Waals surface area contributed by atoms with Crippen LogP contribution in [0.2, 0.25) is 0 Å². The molecule has 1 saturated heterocycles. The third kappa shape index (κ3) is 9.80. The van der Waals surface area contributed by atoms with Crippen LogP contribution in [-0.2, 0) is 22.9 Å². The number of nitrogens with zero attached hydrogens (tertiary/aromatic N) is 4. The van der Waals surface area contributed by atoms with E-state index in [0.717, 1.165) is 68.0 Å². The number of rotatable bonds is 15. The Bertz CT molecular complexity index is 1440. The molecule has 0 unspecified atom stereocenters. The number of benzene rings is 2. The van der Waals surface area contributed by atoms with Crippen LogP contribution < -0.4 is 5.32 Å². The van der Waals surface area contributed by atoms with E-state index < -0.39 is 9.84 Å². The fraction of sp³-hybridized carbons (Fsp3) is 0.600. The van der Waals surface area contributed by atoms with E-state index in [1.54, 1.807) is 12.1 Å². The molecule has 242 valence electrons. The van der Waals surface area contributed by atoms with E-state index in [1.807, 2.05) is 35.2 Å². The predicted molar refractivity (Wildman–Crippen MR) is 181 cm³/mol. The topological polar surface area (TPSA) is 87.5 Å². The van der Waals surface area contributed by atoms with Gasteiger partial charge in [0.2, 0.25) is 5.95 Å². The Morgan fingerprint density at radius 1 is 0.909 bits per heavy atom. The number of hydrogen-bond acceptors (Lipinski definition) is 6. The van der Waals surface area contributed by atoms with Gasteiger partial charge >= 0.3 is 0 Å². The number of nitrogens with one attached hydrogen (secondary N) is 1. The minimum atomic E-state index is -3.24. The zero-order valence-corrected chi connectivity index (χ0v) is 28.3. The van der Waals surface area contributed by atoms with Crippen molar-refractivity contribution >= 4 is 32.7 Å². The van der Waals surface area contributed by atoms with Crippen molar-refractivity contribution in [1.82, 2.24) is 19.4 Å². The van der Waals surface area contributed by atoms with E-state index in [2.05, 4.69) is 42.5 Å². The molecule has 1 N–H and O–H groups in total. The van der Waals surface area contributed by atoms with Gasteiger partial charge in [0.25, 0.3) is 5.91 Å². The summed E-state index contributed by atoms with van der Waals surface area (Å²) < 4.78 is 26.0. The summed E-state index contributed by atoms with van der Waals surface area (Å²) in [6, 6.07) is 12.9. The number of likely N-dealkylation sites (tertiary alicyclic amines) is 1. The molecule has 0 spiro atoms. The molecule has 44 heavy (non-hydrogen) atoms. The molecular weight excluding hydrogens is 570 g/mol. The molecule has 2 heterocycles. The van der Waals surface area contributed by atoms with Gasteiger partial charge in [0.1, 0.15) is 0 Å². The number of carbonyl (C=O) groups is 1. The van der Waals surface area contributed by atoms with Crippen LogP contribution in [0, 0.1) is 11.8 Å². The SMILES string of the molecule is CC(C)CCN(CCC(C)C)C(=O)c1ccc2nc(NCc3ccc(S(C)(=O)=O)cc3)n(CCCN3CCCCCC3)c2c1. The second-order valence-electron chi connectivity index (χ2n) is 13.3.